The zero-order chi connectivity index (χ0) is 13.1. The van der Waals surface area contributed by atoms with Crippen LogP contribution in [0, 0.1) is 0 Å². The van der Waals surface area contributed by atoms with Crippen LogP contribution in [-0.2, 0) is 19.6 Å². The largest absolute Gasteiger partial charge is 0.468 e. The fourth-order valence-electron chi connectivity index (χ4n) is 2.10. The highest BCUT2D eigenvalue weighted by Crippen LogP contribution is 2.24. The van der Waals surface area contributed by atoms with Gasteiger partial charge in [-0.05, 0) is 26.2 Å². The molecule has 2 atom stereocenters. The second-order valence-corrected chi connectivity index (χ2v) is 6.25. The van der Waals surface area contributed by atoms with Crippen molar-refractivity contribution in [3.8, 4) is 0 Å². The van der Waals surface area contributed by atoms with E-state index >= 15 is 0 Å². The minimum atomic E-state index is -3.62. The first-order valence-corrected chi connectivity index (χ1v) is 7.22. The summed E-state index contributed by atoms with van der Waals surface area (Å²) in [6.45, 7) is 2.04. The van der Waals surface area contributed by atoms with Crippen LogP contribution in [0.3, 0.4) is 0 Å². The van der Waals surface area contributed by atoms with Gasteiger partial charge in [0.2, 0.25) is 10.0 Å². The highest BCUT2D eigenvalue weighted by atomic mass is 32.2. The molecule has 0 spiro atoms. The zero-order valence-corrected chi connectivity index (χ0v) is 10.9. The molecule has 100 valence electrons. The highest BCUT2D eigenvalue weighted by molar-refractivity contribution is 7.89. The van der Waals surface area contributed by atoms with Gasteiger partial charge in [-0.25, -0.2) is 8.42 Å². The van der Waals surface area contributed by atoms with E-state index in [0.29, 0.717) is 13.0 Å². The molecule has 0 aromatic carbocycles. The van der Waals surface area contributed by atoms with Gasteiger partial charge in [-0.3, -0.25) is 4.79 Å². The Bertz CT molecular complexity index is 365. The summed E-state index contributed by atoms with van der Waals surface area (Å²) in [5, 5.41) is 9.31. The lowest BCUT2D eigenvalue weighted by molar-refractivity contribution is -0.137. The Labute approximate surface area is 102 Å². The molecule has 17 heavy (non-hydrogen) atoms. The number of hydrogen-bond acceptors (Lipinski definition) is 5. The number of hydrogen-bond donors (Lipinski definition) is 1. The van der Waals surface area contributed by atoms with Gasteiger partial charge in [0, 0.05) is 12.6 Å². The van der Waals surface area contributed by atoms with E-state index in [1.807, 2.05) is 0 Å². The number of nitrogens with zero attached hydrogens (tertiary/aromatic N) is 1. The van der Waals surface area contributed by atoms with Crippen LogP contribution in [0.2, 0.25) is 0 Å². The molecule has 2 unspecified atom stereocenters. The maximum atomic E-state index is 11.9. The Kier molecular flexibility index (Phi) is 4.91. The Balaban J connectivity index is 2.72. The lowest BCUT2D eigenvalue weighted by atomic mass is 10.1. The van der Waals surface area contributed by atoms with Crippen molar-refractivity contribution < 1.29 is 23.1 Å². The van der Waals surface area contributed by atoms with E-state index in [0.717, 1.165) is 20.0 Å². The van der Waals surface area contributed by atoms with Gasteiger partial charge in [-0.15, -0.1) is 0 Å². The number of esters is 1. The predicted molar refractivity (Wildman–Crippen MR) is 61.8 cm³/mol. The van der Waals surface area contributed by atoms with E-state index in [-0.39, 0.29) is 6.04 Å². The number of carbonyl (C=O) groups excluding carboxylic acids is 1. The summed E-state index contributed by atoms with van der Waals surface area (Å²) < 4.78 is 29.6. The first-order chi connectivity index (χ1) is 7.86. The molecule has 0 aliphatic carbocycles. The molecule has 0 aromatic heterocycles. The molecule has 1 aliphatic rings. The summed E-state index contributed by atoms with van der Waals surface area (Å²) in [4.78, 5) is 11.0. The van der Waals surface area contributed by atoms with Crippen molar-refractivity contribution in [1.29, 1.82) is 0 Å². The lowest BCUT2D eigenvalue weighted by Gasteiger charge is -2.24. The first kappa shape index (κ1) is 14.4. The monoisotopic (exact) mass is 265 g/mol. The Hall–Kier alpha value is -0.660. The molecule has 0 radical (unpaired) electrons. The van der Waals surface area contributed by atoms with Crippen LogP contribution in [0.25, 0.3) is 0 Å². The third-order valence-corrected chi connectivity index (χ3v) is 4.62. The molecular formula is C10H19NO5S. The molecule has 0 aromatic rings. The van der Waals surface area contributed by atoms with Crippen LogP contribution in [0.15, 0.2) is 0 Å². The van der Waals surface area contributed by atoms with E-state index in [1.165, 1.54) is 4.31 Å². The van der Waals surface area contributed by atoms with E-state index in [4.69, 9.17) is 0 Å². The third kappa shape index (κ3) is 3.93. The van der Waals surface area contributed by atoms with Crippen molar-refractivity contribution in [1.82, 2.24) is 4.31 Å². The van der Waals surface area contributed by atoms with E-state index in [1.54, 1.807) is 6.92 Å². The number of rotatable bonds is 5. The lowest BCUT2D eigenvalue weighted by Crippen LogP contribution is -2.40. The highest BCUT2D eigenvalue weighted by Gasteiger charge is 2.35. The van der Waals surface area contributed by atoms with E-state index in [9.17, 15) is 18.3 Å². The van der Waals surface area contributed by atoms with Gasteiger partial charge in [0.25, 0.3) is 0 Å². The van der Waals surface area contributed by atoms with Crippen molar-refractivity contribution in [3.05, 3.63) is 0 Å². The van der Waals surface area contributed by atoms with Crippen molar-refractivity contribution in [3.63, 3.8) is 0 Å². The molecule has 6 nitrogen and oxygen atoms in total. The topological polar surface area (TPSA) is 83.9 Å². The van der Waals surface area contributed by atoms with E-state index in [2.05, 4.69) is 4.74 Å². The molecule has 1 heterocycles. The predicted octanol–water partition coefficient (Wildman–Crippen LogP) is -0.275. The van der Waals surface area contributed by atoms with Crippen molar-refractivity contribution in [2.75, 3.05) is 19.4 Å². The molecule has 1 aliphatic heterocycles. The van der Waals surface area contributed by atoms with Crippen molar-refractivity contribution in [2.24, 2.45) is 0 Å². The number of ether oxygens (including phenoxy) is 1. The summed E-state index contributed by atoms with van der Waals surface area (Å²) >= 11 is 0. The summed E-state index contributed by atoms with van der Waals surface area (Å²) in [7, 11) is -2.46. The standard InChI is InChI=1S/C10H19NO5S/c1-8(12)6-9-4-3-5-11(9)17(14,15)7-10(13)16-2/h8-9,12H,3-7H2,1-2H3. The van der Waals surface area contributed by atoms with Crippen molar-refractivity contribution in [2.45, 2.75) is 38.3 Å². The quantitative estimate of drug-likeness (QED) is 0.691. The average Bonchev–Trinajstić information content (AvgIpc) is 2.64. The molecule has 1 saturated heterocycles. The Morgan fingerprint density at radius 1 is 1.59 bits per heavy atom. The number of sulfonamides is 1. The SMILES string of the molecule is COC(=O)CS(=O)(=O)N1CCCC1CC(C)O. The number of methoxy groups -OCH3 is 1. The molecule has 1 fully saturated rings. The maximum Gasteiger partial charge on any atom is 0.322 e. The smallest absolute Gasteiger partial charge is 0.322 e. The molecule has 0 saturated carbocycles. The van der Waals surface area contributed by atoms with Gasteiger partial charge in [-0.2, -0.15) is 4.31 Å². The number of carbonyl (C=O) groups is 1. The van der Waals surface area contributed by atoms with Crippen LogP contribution in [-0.4, -0.2) is 55.4 Å². The van der Waals surface area contributed by atoms with E-state index < -0.39 is 27.8 Å². The van der Waals surface area contributed by atoms with Crippen LogP contribution in [0.5, 0.6) is 0 Å². The summed E-state index contributed by atoms with van der Waals surface area (Å²) in [5.41, 5.74) is 0. The number of aliphatic hydroxyl groups is 1. The fraction of sp³-hybridized carbons (Fsp3) is 0.900. The minimum absolute atomic E-state index is 0.204. The second kappa shape index (κ2) is 5.79. The normalized spacial score (nSPS) is 23.6. The second-order valence-electron chi connectivity index (χ2n) is 4.32. The van der Waals surface area contributed by atoms with Gasteiger partial charge in [0.1, 0.15) is 0 Å². The molecule has 0 bridgehead atoms. The molecule has 1 rings (SSSR count). The number of aliphatic hydroxyl groups excluding tert-OH is 1. The zero-order valence-electron chi connectivity index (χ0n) is 10.1. The molecular weight excluding hydrogens is 246 g/mol. The fourth-order valence-corrected chi connectivity index (χ4v) is 3.73. The van der Waals surface area contributed by atoms with Gasteiger partial charge >= 0.3 is 5.97 Å². The Morgan fingerprint density at radius 3 is 2.76 bits per heavy atom. The van der Waals surface area contributed by atoms with Crippen LogP contribution in [0.4, 0.5) is 0 Å². The summed E-state index contributed by atoms with van der Waals surface area (Å²) in [6.07, 6.45) is 1.35. The maximum absolute atomic E-state index is 11.9. The summed E-state index contributed by atoms with van der Waals surface area (Å²) in [6, 6.07) is -0.204. The first-order valence-electron chi connectivity index (χ1n) is 5.61. The van der Waals surface area contributed by atoms with Crippen LogP contribution in [0.1, 0.15) is 26.2 Å². The Morgan fingerprint density at radius 2 is 2.24 bits per heavy atom. The average molecular weight is 265 g/mol. The van der Waals surface area contributed by atoms with Gasteiger partial charge < -0.3 is 9.84 Å². The van der Waals surface area contributed by atoms with Crippen molar-refractivity contribution >= 4 is 16.0 Å². The molecule has 1 N–H and O–H groups in total. The van der Waals surface area contributed by atoms with Gasteiger partial charge in [0.15, 0.2) is 5.75 Å². The van der Waals surface area contributed by atoms with Gasteiger partial charge in [0.05, 0.1) is 13.2 Å². The van der Waals surface area contributed by atoms with Crippen LogP contribution >= 0.6 is 0 Å². The minimum Gasteiger partial charge on any atom is -0.468 e. The molecule has 7 heteroatoms. The molecule has 0 amide bonds. The third-order valence-electron chi connectivity index (χ3n) is 2.82. The van der Waals surface area contributed by atoms with Crippen LogP contribution < -0.4 is 0 Å². The van der Waals surface area contributed by atoms with Gasteiger partial charge in [-0.1, -0.05) is 0 Å². The summed E-state index contributed by atoms with van der Waals surface area (Å²) in [5.74, 6) is -1.38.